The van der Waals surface area contributed by atoms with Crippen LogP contribution in [0.4, 0.5) is 5.82 Å². The maximum absolute atomic E-state index is 5.50. The molecule has 0 aliphatic carbocycles. The summed E-state index contributed by atoms with van der Waals surface area (Å²) in [4.78, 5) is 17.3. The molecule has 2 N–H and O–H groups in total. The third kappa shape index (κ3) is 3.62. The minimum absolute atomic E-state index is 0.187. The second kappa shape index (κ2) is 7.10. The minimum Gasteiger partial charge on any atom is -0.358 e. The number of aryl methyl sites for hydroxylation is 1. The molecular formula is C18H20N8O. The topological polar surface area (TPSA) is 118 Å². The Morgan fingerprint density at radius 3 is 2.81 bits per heavy atom. The number of fused-ring (bicyclic) bond motifs is 1. The molecule has 4 rings (SSSR count). The standard InChI is InChI=1S/C18H20N8O/c1-10(2)6-14(18-24-17(26-27-18)16-21-9-22-25-16)23-15-12-7-11(3)4-5-13(12)19-8-20-15/h4-5,7-10,14H,6H2,1-3H3,(H,19,20,23)(H,21,22,25)/t14-/m1/s1. The van der Waals surface area contributed by atoms with Gasteiger partial charge in [0.15, 0.2) is 5.82 Å². The van der Waals surface area contributed by atoms with E-state index in [1.54, 1.807) is 6.33 Å². The molecule has 0 saturated carbocycles. The molecule has 4 aromatic rings. The van der Waals surface area contributed by atoms with Crippen LogP contribution in [0.1, 0.15) is 37.8 Å². The van der Waals surface area contributed by atoms with Gasteiger partial charge in [-0.05, 0) is 31.4 Å². The minimum atomic E-state index is -0.187. The molecule has 27 heavy (non-hydrogen) atoms. The third-order valence-electron chi connectivity index (χ3n) is 4.18. The van der Waals surface area contributed by atoms with Crippen LogP contribution in [0.15, 0.2) is 35.4 Å². The Balaban J connectivity index is 1.69. The average Bonchev–Trinajstić information content (AvgIpc) is 3.33. The summed E-state index contributed by atoms with van der Waals surface area (Å²) in [5, 5.41) is 15.0. The lowest BCUT2D eigenvalue weighted by Crippen LogP contribution is -2.15. The van der Waals surface area contributed by atoms with Crippen molar-refractivity contribution in [2.75, 3.05) is 5.32 Å². The molecule has 0 aliphatic heterocycles. The van der Waals surface area contributed by atoms with Crippen molar-refractivity contribution in [1.29, 1.82) is 0 Å². The fraction of sp³-hybridized carbons (Fsp3) is 0.333. The summed E-state index contributed by atoms with van der Waals surface area (Å²) in [6.07, 6.45) is 3.76. The van der Waals surface area contributed by atoms with Crippen molar-refractivity contribution >= 4 is 16.7 Å². The average molecular weight is 364 g/mol. The summed E-state index contributed by atoms with van der Waals surface area (Å²) in [6.45, 7) is 6.33. The van der Waals surface area contributed by atoms with Crippen molar-refractivity contribution in [3.63, 3.8) is 0 Å². The van der Waals surface area contributed by atoms with Crippen LogP contribution in [-0.4, -0.2) is 35.3 Å². The summed E-state index contributed by atoms with van der Waals surface area (Å²) < 4.78 is 5.50. The van der Waals surface area contributed by atoms with E-state index in [1.807, 2.05) is 19.1 Å². The normalized spacial score (nSPS) is 12.6. The highest BCUT2D eigenvalue weighted by Gasteiger charge is 2.23. The third-order valence-corrected chi connectivity index (χ3v) is 4.18. The van der Waals surface area contributed by atoms with Crippen LogP contribution < -0.4 is 5.32 Å². The van der Waals surface area contributed by atoms with Crippen molar-refractivity contribution in [3.8, 4) is 11.6 Å². The van der Waals surface area contributed by atoms with Gasteiger partial charge in [0.2, 0.25) is 11.7 Å². The zero-order valence-corrected chi connectivity index (χ0v) is 15.3. The number of nitrogens with one attached hydrogen (secondary N) is 2. The van der Waals surface area contributed by atoms with Gasteiger partial charge in [0.1, 0.15) is 24.5 Å². The van der Waals surface area contributed by atoms with Crippen molar-refractivity contribution in [2.24, 2.45) is 5.92 Å². The molecule has 3 aromatic heterocycles. The molecule has 0 fully saturated rings. The van der Waals surface area contributed by atoms with Crippen LogP contribution in [0.25, 0.3) is 22.6 Å². The highest BCUT2D eigenvalue weighted by atomic mass is 16.5. The monoisotopic (exact) mass is 364 g/mol. The van der Waals surface area contributed by atoms with Gasteiger partial charge in [-0.2, -0.15) is 10.1 Å². The highest BCUT2D eigenvalue weighted by Crippen LogP contribution is 2.28. The molecule has 1 aromatic carbocycles. The molecule has 0 amide bonds. The maximum atomic E-state index is 5.50. The number of aromatic nitrogens is 7. The van der Waals surface area contributed by atoms with Gasteiger partial charge in [-0.25, -0.2) is 15.0 Å². The number of hydrogen-bond donors (Lipinski definition) is 2. The number of hydrogen-bond acceptors (Lipinski definition) is 8. The lowest BCUT2D eigenvalue weighted by molar-refractivity contribution is 0.344. The summed E-state index contributed by atoms with van der Waals surface area (Å²) in [6, 6.07) is 5.90. The first-order chi connectivity index (χ1) is 13.1. The van der Waals surface area contributed by atoms with Crippen LogP contribution >= 0.6 is 0 Å². The van der Waals surface area contributed by atoms with E-state index in [0.717, 1.165) is 28.7 Å². The first-order valence-electron chi connectivity index (χ1n) is 8.77. The van der Waals surface area contributed by atoms with Gasteiger partial charge in [-0.1, -0.05) is 30.6 Å². The zero-order chi connectivity index (χ0) is 18.8. The van der Waals surface area contributed by atoms with Gasteiger partial charge in [0, 0.05) is 5.39 Å². The van der Waals surface area contributed by atoms with Crippen LogP contribution in [0, 0.1) is 12.8 Å². The van der Waals surface area contributed by atoms with E-state index in [0.29, 0.717) is 23.5 Å². The highest BCUT2D eigenvalue weighted by molar-refractivity contribution is 5.89. The lowest BCUT2D eigenvalue weighted by Gasteiger charge is -2.18. The van der Waals surface area contributed by atoms with E-state index < -0.39 is 0 Å². The molecule has 0 bridgehead atoms. The molecular weight excluding hydrogens is 344 g/mol. The number of nitrogens with zero attached hydrogens (tertiary/aromatic N) is 6. The molecule has 0 radical (unpaired) electrons. The number of anilines is 1. The van der Waals surface area contributed by atoms with E-state index >= 15 is 0 Å². The fourth-order valence-electron chi connectivity index (χ4n) is 2.93. The van der Waals surface area contributed by atoms with Gasteiger partial charge in [-0.3, -0.25) is 5.10 Å². The molecule has 0 saturated heterocycles. The molecule has 9 heteroatoms. The summed E-state index contributed by atoms with van der Waals surface area (Å²) >= 11 is 0. The first kappa shape index (κ1) is 17.1. The lowest BCUT2D eigenvalue weighted by atomic mass is 10.0. The largest absolute Gasteiger partial charge is 0.358 e. The Bertz CT molecular complexity index is 1040. The van der Waals surface area contributed by atoms with Crippen molar-refractivity contribution in [1.82, 2.24) is 35.3 Å². The van der Waals surface area contributed by atoms with Crippen LogP contribution in [0.3, 0.4) is 0 Å². The van der Waals surface area contributed by atoms with Crippen molar-refractivity contribution in [2.45, 2.75) is 33.2 Å². The number of benzene rings is 1. The van der Waals surface area contributed by atoms with E-state index in [2.05, 4.69) is 60.5 Å². The molecule has 0 unspecified atom stereocenters. The Morgan fingerprint density at radius 2 is 2.04 bits per heavy atom. The zero-order valence-electron chi connectivity index (χ0n) is 15.3. The van der Waals surface area contributed by atoms with E-state index in [-0.39, 0.29) is 6.04 Å². The maximum Gasteiger partial charge on any atom is 0.249 e. The van der Waals surface area contributed by atoms with Gasteiger partial charge in [0.25, 0.3) is 0 Å². The SMILES string of the molecule is Cc1ccc2ncnc(N[C@H](CC(C)C)c3nc(-c4ncn[nH]4)no3)c2c1. The Labute approximate surface area is 155 Å². The quantitative estimate of drug-likeness (QED) is 0.535. The second-order valence-corrected chi connectivity index (χ2v) is 6.86. The number of rotatable bonds is 6. The van der Waals surface area contributed by atoms with E-state index in [9.17, 15) is 0 Å². The fourth-order valence-corrected chi connectivity index (χ4v) is 2.93. The number of aromatic amines is 1. The summed E-state index contributed by atoms with van der Waals surface area (Å²) in [5.41, 5.74) is 2.03. The molecule has 9 nitrogen and oxygen atoms in total. The Hall–Kier alpha value is -3.36. The molecule has 138 valence electrons. The molecule has 3 heterocycles. The smallest absolute Gasteiger partial charge is 0.249 e. The Kier molecular flexibility index (Phi) is 4.49. The molecule has 0 aliphatic rings. The second-order valence-electron chi connectivity index (χ2n) is 6.86. The van der Waals surface area contributed by atoms with Gasteiger partial charge >= 0.3 is 0 Å². The number of H-pyrrole nitrogens is 1. The van der Waals surface area contributed by atoms with Gasteiger partial charge in [-0.15, -0.1) is 0 Å². The summed E-state index contributed by atoms with van der Waals surface area (Å²) in [7, 11) is 0. The Morgan fingerprint density at radius 1 is 1.15 bits per heavy atom. The van der Waals surface area contributed by atoms with Crippen molar-refractivity contribution < 1.29 is 4.52 Å². The predicted molar refractivity (Wildman–Crippen MR) is 99.8 cm³/mol. The van der Waals surface area contributed by atoms with Crippen LogP contribution in [-0.2, 0) is 0 Å². The van der Waals surface area contributed by atoms with Crippen LogP contribution in [0.5, 0.6) is 0 Å². The van der Waals surface area contributed by atoms with E-state index in [1.165, 1.54) is 6.33 Å². The van der Waals surface area contributed by atoms with Gasteiger partial charge in [0.05, 0.1) is 5.52 Å². The summed E-state index contributed by atoms with van der Waals surface area (Å²) in [5.74, 6) is 2.49. The predicted octanol–water partition coefficient (Wildman–Crippen LogP) is 3.31. The molecule has 0 spiro atoms. The van der Waals surface area contributed by atoms with Crippen LogP contribution in [0.2, 0.25) is 0 Å². The first-order valence-corrected chi connectivity index (χ1v) is 8.77. The van der Waals surface area contributed by atoms with Gasteiger partial charge < -0.3 is 9.84 Å². The van der Waals surface area contributed by atoms with Crippen molar-refractivity contribution in [3.05, 3.63) is 42.3 Å². The van der Waals surface area contributed by atoms with E-state index in [4.69, 9.17) is 4.52 Å². The molecule has 1 atom stereocenters.